The number of ether oxygens (including phenoxy) is 3. The van der Waals surface area contributed by atoms with E-state index in [1.807, 2.05) is 0 Å². The molecule has 1 N–H and O–H groups in total. The maximum absolute atomic E-state index is 12.5. The molecule has 0 radical (unpaired) electrons. The lowest BCUT2D eigenvalue weighted by Crippen LogP contribution is -2.56. The Morgan fingerprint density at radius 3 is 2.55 bits per heavy atom. The molecule has 0 aliphatic heterocycles. The quantitative estimate of drug-likeness (QED) is 0.518. The molecule has 1 aliphatic carbocycles. The molecule has 8 heteroatoms. The molecule has 0 heterocycles. The highest BCUT2D eigenvalue weighted by molar-refractivity contribution is 5.96. The molecular weight excluding hydrogens is 384 g/mol. The Balaban J connectivity index is 2.12. The second-order valence-corrected chi connectivity index (χ2v) is 7.10. The smallest absolute Gasteiger partial charge is 0.387 e. The average Bonchev–Trinajstić information content (AvgIpc) is 2.69. The predicted octanol–water partition coefficient (Wildman–Crippen LogP) is 3.94. The van der Waals surface area contributed by atoms with Gasteiger partial charge in [0.2, 0.25) is 5.91 Å². The minimum atomic E-state index is -2.96. The van der Waals surface area contributed by atoms with Gasteiger partial charge in [-0.1, -0.05) is 13.0 Å². The zero-order valence-electron chi connectivity index (χ0n) is 16.9. The first-order chi connectivity index (χ1) is 13.8. The van der Waals surface area contributed by atoms with E-state index in [0.717, 1.165) is 12.8 Å². The fourth-order valence-corrected chi connectivity index (χ4v) is 3.37. The van der Waals surface area contributed by atoms with Crippen LogP contribution in [-0.2, 0) is 14.3 Å². The zero-order chi connectivity index (χ0) is 21.4. The highest BCUT2D eigenvalue weighted by Crippen LogP contribution is 2.33. The van der Waals surface area contributed by atoms with Crippen molar-refractivity contribution in [1.29, 1.82) is 0 Å². The van der Waals surface area contributed by atoms with Crippen LogP contribution in [0.1, 0.15) is 45.1 Å². The summed E-state index contributed by atoms with van der Waals surface area (Å²) in [4.78, 5) is 24.7. The molecule has 2 rings (SSSR count). The molecule has 0 spiro atoms. The van der Waals surface area contributed by atoms with E-state index >= 15 is 0 Å². The lowest BCUT2D eigenvalue weighted by molar-refractivity contribution is -0.152. The summed E-state index contributed by atoms with van der Waals surface area (Å²) in [7, 11) is 1.31. The van der Waals surface area contributed by atoms with Crippen LogP contribution in [0.25, 0.3) is 6.08 Å². The van der Waals surface area contributed by atoms with Gasteiger partial charge in [-0.25, -0.2) is 4.79 Å². The summed E-state index contributed by atoms with van der Waals surface area (Å²) in [5.41, 5.74) is -0.455. The lowest BCUT2D eigenvalue weighted by Gasteiger charge is -2.37. The molecule has 6 nitrogen and oxygen atoms in total. The van der Waals surface area contributed by atoms with E-state index in [9.17, 15) is 18.4 Å². The summed E-state index contributed by atoms with van der Waals surface area (Å²) < 4.78 is 39.6. The van der Waals surface area contributed by atoms with E-state index in [0.29, 0.717) is 24.3 Å². The summed E-state index contributed by atoms with van der Waals surface area (Å²) >= 11 is 0. The van der Waals surface area contributed by atoms with Crippen LogP contribution in [0.2, 0.25) is 0 Å². The van der Waals surface area contributed by atoms with Crippen molar-refractivity contribution in [2.24, 2.45) is 5.92 Å². The maximum atomic E-state index is 12.5. The molecule has 0 saturated heterocycles. The summed E-state index contributed by atoms with van der Waals surface area (Å²) in [5, 5.41) is 2.80. The molecule has 0 atom stereocenters. The van der Waals surface area contributed by atoms with Crippen molar-refractivity contribution in [2.45, 2.75) is 51.7 Å². The molecular formula is C21H27F2NO5. The summed E-state index contributed by atoms with van der Waals surface area (Å²) in [6, 6.07) is 4.39. The van der Waals surface area contributed by atoms with Crippen LogP contribution in [0.5, 0.6) is 11.5 Å². The van der Waals surface area contributed by atoms with Crippen LogP contribution in [0.3, 0.4) is 0 Å². The van der Waals surface area contributed by atoms with Gasteiger partial charge in [0.15, 0.2) is 11.5 Å². The molecule has 1 aliphatic rings. The van der Waals surface area contributed by atoms with Gasteiger partial charge in [0.25, 0.3) is 0 Å². The standard InChI is InChI=1S/C21H27F2NO5/c1-4-28-17-13-15(5-7-16(17)29-20(22)23)6-8-18(25)24-21(19(26)27-3)11-9-14(2)10-12-21/h5-8,13-14,20H,4,9-12H2,1-3H3,(H,24,25). The third-order valence-electron chi connectivity index (χ3n) is 4.98. The fraction of sp³-hybridized carbons (Fsp3) is 0.524. The Labute approximate surface area is 169 Å². The number of benzene rings is 1. The number of amides is 1. The monoisotopic (exact) mass is 411 g/mol. The number of alkyl halides is 2. The van der Waals surface area contributed by atoms with Crippen LogP contribution < -0.4 is 14.8 Å². The molecule has 1 saturated carbocycles. The molecule has 0 aromatic heterocycles. The number of carbonyl (C=O) groups is 2. The number of hydrogen-bond acceptors (Lipinski definition) is 5. The van der Waals surface area contributed by atoms with Crippen LogP contribution in [0, 0.1) is 5.92 Å². The normalized spacial score (nSPS) is 21.8. The first-order valence-electron chi connectivity index (χ1n) is 9.60. The topological polar surface area (TPSA) is 73.9 Å². The maximum Gasteiger partial charge on any atom is 0.387 e. The minimum absolute atomic E-state index is 0.0792. The Morgan fingerprint density at radius 2 is 1.97 bits per heavy atom. The molecule has 160 valence electrons. The Hall–Kier alpha value is -2.64. The third-order valence-corrected chi connectivity index (χ3v) is 4.98. The van der Waals surface area contributed by atoms with Crippen molar-refractivity contribution in [3.05, 3.63) is 29.8 Å². The number of methoxy groups -OCH3 is 1. The molecule has 0 bridgehead atoms. The van der Waals surface area contributed by atoms with E-state index in [-0.39, 0.29) is 18.1 Å². The van der Waals surface area contributed by atoms with Gasteiger partial charge in [0.05, 0.1) is 13.7 Å². The zero-order valence-corrected chi connectivity index (χ0v) is 16.9. The first kappa shape index (κ1) is 22.6. The van der Waals surface area contributed by atoms with Crippen molar-refractivity contribution in [1.82, 2.24) is 5.32 Å². The minimum Gasteiger partial charge on any atom is -0.490 e. The van der Waals surface area contributed by atoms with E-state index in [1.54, 1.807) is 6.92 Å². The molecule has 1 aromatic carbocycles. The number of hydrogen-bond donors (Lipinski definition) is 1. The number of halogens is 2. The van der Waals surface area contributed by atoms with E-state index < -0.39 is 24.0 Å². The summed E-state index contributed by atoms with van der Waals surface area (Å²) in [6.07, 6.45) is 5.50. The predicted molar refractivity (Wildman–Crippen MR) is 104 cm³/mol. The third kappa shape index (κ3) is 6.17. The van der Waals surface area contributed by atoms with Crippen LogP contribution >= 0.6 is 0 Å². The number of carbonyl (C=O) groups excluding carboxylic acids is 2. The van der Waals surface area contributed by atoms with Crippen molar-refractivity contribution in [3.8, 4) is 11.5 Å². The van der Waals surface area contributed by atoms with Gasteiger partial charge >= 0.3 is 12.6 Å². The van der Waals surface area contributed by atoms with Gasteiger partial charge in [-0.05, 0) is 62.3 Å². The second-order valence-electron chi connectivity index (χ2n) is 7.10. The van der Waals surface area contributed by atoms with Gasteiger partial charge in [0.1, 0.15) is 5.54 Å². The van der Waals surface area contributed by atoms with E-state index in [4.69, 9.17) is 9.47 Å². The van der Waals surface area contributed by atoms with Crippen molar-refractivity contribution >= 4 is 18.0 Å². The molecule has 1 amide bonds. The molecule has 29 heavy (non-hydrogen) atoms. The number of nitrogens with one attached hydrogen (secondary N) is 1. The van der Waals surface area contributed by atoms with E-state index in [1.165, 1.54) is 37.5 Å². The van der Waals surface area contributed by atoms with Crippen molar-refractivity contribution < 1.29 is 32.6 Å². The van der Waals surface area contributed by atoms with Gasteiger partial charge < -0.3 is 19.5 Å². The van der Waals surface area contributed by atoms with Crippen molar-refractivity contribution in [3.63, 3.8) is 0 Å². The average molecular weight is 411 g/mol. The number of esters is 1. The molecule has 0 unspecified atom stereocenters. The van der Waals surface area contributed by atoms with Gasteiger partial charge in [-0.15, -0.1) is 0 Å². The van der Waals surface area contributed by atoms with Gasteiger partial charge in [-0.2, -0.15) is 8.78 Å². The van der Waals surface area contributed by atoms with Gasteiger partial charge in [-0.3, -0.25) is 4.79 Å². The molecule has 1 fully saturated rings. The van der Waals surface area contributed by atoms with Crippen LogP contribution in [0.15, 0.2) is 24.3 Å². The van der Waals surface area contributed by atoms with E-state index in [2.05, 4.69) is 17.0 Å². The SMILES string of the molecule is CCOc1cc(C=CC(=O)NC2(C(=O)OC)CCC(C)CC2)ccc1OC(F)F. The Morgan fingerprint density at radius 1 is 1.28 bits per heavy atom. The summed E-state index contributed by atoms with van der Waals surface area (Å²) in [5.74, 6) is -0.313. The second kappa shape index (κ2) is 10.2. The number of rotatable bonds is 8. The van der Waals surface area contributed by atoms with Crippen molar-refractivity contribution in [2.75, 3.05) is 13.7 Å². The van der Waals surface area contributed by atoms with Crippen LogP contribution in [0.4, 0.5) is 8.78 Å². The fourth-order valence-electron chi connectivity index (χ4n) is 3.37. The Bertz CT molecular complexity index is 743. The van der Waals surface area contributed by atoms with Crippen LogP contribution in [-0.4, -0.2) is 37.7 Å². The Kier molecular flexibility index (Phi) is 7.99. The summed E-state index contributed by atoms with van der Waals surface area (Å²) in [6.45, 7) is 1.14. The lowest BCUT2D eigenvalue weighted by atomic mass is 9.77. The molecule has 1 aromatic rings. The highest BCUT2D eigenvalue weighted by atomic mass is 19.3. The largest absolute Gasteiger partial charge is 0.490 e. The first-order valence-corrected chi connectivity index (χ1v) is 9.60. The highest BCUT2D eigenvalue weighted by Gasteiger charge is 2.43. The van der Waals surface area contributed by atoms with Gasteiger partial charge in [0, 0.05) is 6.08 Å².